The third kappa shape index (κ3) is 1.85. The van der Waals surface area contributed by atoms with Gasteiger partial charge in [-0.15, -0.1) is 0 Å². The lowest BCUT2D eigenvalue weighted by Gasteiger charge is -2.00. The van der Waals surface area contributed by atoms with Crippen molar-refractivity contribution in [2.75, 3.05) is 12.6 Å². The van der Waals surface area contributed by atoms with Crippen molar-refractivity contribution in [1.82, 2.24) is 4.98 Å². The lowest BCUT2D eigenvalue weighted by Crippen LogP contribution is -1.96. The van der Waals surface area contributed by atoms with Gasteiger partial charge in [0.2, 0.25) is 0 Å². The maximum absolute atomic E-state index is 4.76. The average molecular weight is 152 g/mol. The van der Waals surface area contributed by atoms with Gasteiger partial charge in [-0.2, -0.15) is 0 Å². The van der Waals surface area contributed by atoms with E-state index in [4.69, 9.17) is 4.84 Å². The van der Waals surface area contributed by atoms with E-state index in [1.807, 2.05) is 31.3 Å². The number of anilines is 1. The highest BCUT2D eigenvalue weighted by molar-refractivity contribution is 5.62. The highest BCUT2D eigenvalue weighted by atomic mass is 16.6. The Labute approximate surface area is 66.0 Å². The van der Waals surface area contributed by atoms with E-state index < -0.39 is 0 Å². The summed E-state index contributed by atoms with van der Waals surface area (Å²) in [6.45, 7) is 1.98. The number of hydrogen-bond acceptors (Lipinski definition) is 2. The zero-order chi connectivity index (χ0) is 8.10. The van der Waals surface area contributed by atoms with Gasteiger partial charge in [0.05, 0.1) is 7.11 Å². The highest BCUT2D eigenvalue weighted by Crippen LogP contribution is 2.13. The Morgan fingerprint density at radius 2 is 2.45 bits per heavy atom. The van der Waals surface area contributed by atoms with Crippen LogP contribution in [0.3, 0.4) is 0 Å². The van der Waals surface area contributed by atoms with E-state index in [1.165, 1.54) is 0 Å². The molecular formula is C8H12N2O. The minimum absolute atomic E-state index is 0.880. The van der Waals surface area contributed by atoms with Gasteiger partial charge in [0.15, 0.2) is 0 Å². The van der Waals surface area contributed by atoms with Crippen molar-refractivity contribution in [1.29, 1.82) is 0 Å². The molecule has 0 aliphatic heterocycles. The van der Waals surface area contributed by atoms with Crippen LogP contribution in [-0.4, -0.2) is 12.1 Å². The fourth-order valence-corrected chi connectivity index (χ4v) is 0.890. The van der Waals surface area contributed by atoms with E-state index in [9.17, 15) is 0 Å². The van der Waals surface area contributed by atoms with Crippen LogP contribution in [0, 0.1) is 0 Å². The lowest BCUT2D eigenvalue weighted by atomic mass is 10.3. The zero-order valence-corrected chi connectivity index (χ0v) is 6.72. The summed E-state index contributed by atoms with van der Waals surface area (Å²) in [6, 6.07) is 1.97. The van der Waals surface area contributed by atoms with E-state index in [-0.39, 0.29) is 0 Å². The first-order chi connectivity index (χ1) is 5.38. The first-order valence-corrected chi connectivity index (χ1v) is 3.47. The Morgan fingerprint density at radius 1 is 1.64 bits per heavy atom. The van der Waals surface area contributed by atoms with Gasteiger partial charge in [-0.05, 0) is 13.0 Å². The summed E-state index contributed by atoms with van der Waals surface area (Å²) < 4.78 is 0. The average Bonchev–Trinajstić information content (AvgIpc) is 2.39. The molecule has 0 atom stereocenters. The van der Waals surface area contributed by atoms with Crippen molar-refractivity contribution >= 4 is 11.9 Å². The number of rotatable bonds is 3. The molecule has 0 spiro atoms. The van der Waals surface area contributed by atoms with Crippen LogP contribution in [0.4, 0.5) is 5.82 Å². The Morgan fingerprint density at radius 3 is 3.09 bits per heavy atom. The second-order valence-corrected chi connectivity index (χ2v) is 2.11. The SMILES string of the molecule is C/C=C\c1cc[nH]c1NOC. The molecule has 0 aliphatic carbocycles. The van der Waals surface area contributed by atoms with Crippen LogP contribution in [0.2, 0.25) is 0 Å². The fraction of sp³-hybridized carbons (Fsp3) is 0.250. The highest BCUT2D eigenvalue weighted by Gasteiger charge is 1.96. The van der Waals surface area contributed by atoms with E-state index >= 15 is 0 Å². The molecule has 0 bridgehead atoms. The third-order valence-corrected chi connectivity index (χ3v) is 1.33. The third-order valence-electron chi connectivity index (χ3n) is 1.33. The molecule has 60 valence electrons. The summed E-state index contributed by atoms with van der Waals surface area (Å²) in [7, 11) is 1.58. The van der Waals surface area contributed by atoms with E-state index in [0.717, 1.165) is 11.4 Å². The molecule has 0 aromatic carbocycles. The van der Waals surface area contributed by atoms with E-state index in [0.29, 0.717) is 0 Å². The van der Waals surface area contributed by atoms with Gasteiger partial charge in [0.1, 0.15) is 5.82 Å². The minimum Gasteiger partial charge on any atom is -0.346 e. The standard InChI is InChI=1S/C8H12N2O/c1-3-4-7-5-6-9-8(7)10-11-2/h3-6,9-10H,1-2H3/b4-3-. The van der Waals surface area contributed by atoms with Crippen LogP contribution < -0.4 is 5.48 Å². The molecule has 1 rings (SSSR count). The monoisotopic (exact) mass is 152 g/mol. The Kier molecular flexibility index (Phi) is 2.74. The number of aromatic amines is 1. The van der Waals surface area contributed by atoms with Crippen molar-refractivity contribution in [2.24, 2.45) is 0 Å². The normalized spacial score (nSPS) is 10.7. The van der Waals surface area contributed by atoms with Crippen LogP contribution in [-0.2, 0) is 4.84 Å². The van der Waals surface area contributed by atoms with Crippen LogP contribution in [0.1, 0.15) is 12.5 Å². The molecule has 1 heterocycles. The molecule has 3 nitrogen and oxygen atoms in total. The van der Waals surface area contributed by atoms with Crippen molar-refractivity contribution < 1.29 is 4.84 Å². The lowest BCUT2D eigenvalue weighted by molar-refractivity contribution is 0.269. The van der Waals surface area contributed by atoms with Crippen LogP contribution >= 0.6 is 0 Å². The molecule has 3 heteroatoms. The molecular weight excluding hydrogens is 140 g/mol. The van der Waals surface area contributed by atoms with Gasteiger partial charge >= 0.3 is 0 Å². The molecule has 0 saturated heterocycles. The zero-order valence-electron chi connectivity index (χ0n) is 6.72. The van der Waals surface area contributed by atoms with E-state index in [1.54, 1.807) is 7.11 Å². The summed E-state index contributed by atoms with van der Waals surface area (Å²) in [4.78, 5) is 7.76. The summed E-state index contributed by atoms with van der Waals surface area (Å²) in [5.41, 5.74) is 3.83. The second kappa shape index (κ2) is 3.83. The van der Waals surface area contributed by atoms with Gasteiger partial charge in [-0.3, -0.25) is 10.3 Å². The first kappa shape index (κ1) is 7.88. The predicted molar refractivity (Wildman–Crippen MR) is 46.1 cm³/mol. The summed E-state index contributed by atoms with van der Waals surface area (Å²) in [5.74, 6) is 0.880. The van der Waals surface area contributed by atoms with Crippen molar-refractivity contribution in [3.8, 4) is 0 Å². The fourth-order valence-electron chi connectivity index (χ4n) is 0.890. The molecule has 1 aromatic heterocycles. The molecule has 1 aromatic rings. The number of aromatic nitrogens is 1. The van der Waals surface area contributed by atoms with Crippen molar-refractivity contribution in [3.05, 3.63) is 23.9 Å². The number of hydrogen-bond donors (Lipinski definition) is 2. The first-order valence-electron chi connectivity index (χ1n) is 3.47. The molecule has 0 fully saturated rings. The molecule has 0 amide bonds. The molecule has 0 saturated carbocycles. The number of allylic oxidation sites excluding steroid dienone is 1. The predicted octanol–water partition coefficient (Wildman–Crippen LogP) is 2.02. The molecule has 11 heavy (non-hydrogen) atoms. The molecule has 0 radical (unpaired) electrons. The van der Waals surface area contributed by atoms with Gasteiger partial charge in [-0.1, -0.05) is 12.2 Å². The second-order valence-electron chi connectivity index (χ2n) is 2.11. The van der Waals surface area contributed by atoms with E-state index in [2.05, 4.69) is 10.5 Å². The van der Waals surface area contributed by atoms with Gasteiger partial charge in [0, 0.05) is 11.8 Å². The number of H-pyrrole nitrogens is 1. The largest absolute Gasteiger partial charge is 0.346 e. The maximum atomic E-state index is 4.76. The van der Waals surface area contributed by atoms with Gasteiger partial charge in [-0.25, -0.2) is 0 Å². The van der Waals surface area contributed by atoms with Crippen molar-refractivity contribution in [3.63, 3.8) is 0 Å². The van der Waals surface area contributed by atoms with Gasteiger partial charge in [0.25, 0.3) is 0 Å². The van der Waals surface area contributed by atoms with Crippen LogP contribution in [0.15, 0.2) is 18.3 Å². The van der Waals surface area contributed by atoms with Crippen LogP contribution in [0.5, 0.6) is 0 Å². The summed E-state index contributed by atoms with van der Waals surface area (Å²) in [6.07, 6.45) is 5.83. The van der Waals surface area contributed by atoms with Crippen molar-refractivity contribution in [2.45, 2.75) is 6.92 Å². The smallest absolute Gasteiger partial charge is 0.134 e. The molecule has 2 N–H and O–H groups in total. The van der Waals surface area contributed by atoms with Gasteiger partial charge < -0.3 is 4.98 Å². The number of nitrogens with one attached hydrogen (secondary N) is 2. The quantitative estimate of drug-likeness (QED) is 0.650. The Hall–Kier alpha value is -1.22. The van der Waals surface area contributed by atoms with Crippen LogP contribution in [0.25, 0.3) is 6.08 Å². The topological polar surface area (TPSA) is 37.0 Å². The Balaban J connectivity index is 2.78. The molecule has 0 unspecified atom stereocenters. The summed E-state index contributed by atoms with van der Waals surface area (Å²) in [5, 5.41) is 0. The minimum atomic E-state index is 0.880. The Bertz CT molecular complexity index is 240. The summed E-state index contributed by atoms with van der Waals surface area (Å²) >= 11 is 0. The maximum Gasteiger partial charge on any atom is 0.134 e. The molecule has 0 aliphatic rings.